The Morgan fingerprint density at radius 1 is 0.917 bits per heavy atom. The minimum Gasteiger partial charge on any atom is -0.371 e. The SMILES string of the molecule is O=C(NC1CCN(c2ccccc2C(=O)NCc2cccc(C(F)(F)F)c2)CC1)c1ccc(Cl)cc1. The maximum absolute atomic E-state index is 13.0. The fourth-order valence-electron chi connectivity index (χ4n) is 4.21. The number of hydrogen-bond acceptors (Lipinski definition) is 3. The number of para-hydroxylation sites is 1. The summed E-state index contributed by atoms with van der Waals surface area (Å²) in [6.07, 6.45) is -3.02. The van der Waals surface area contributed by atoms with E-state index in [-0.39, 0.29) is 24.4 Å². The molecule has 0 spiro atoms. The summed E-state index contributed by atoms with van der Waals surface area (Å²) in [6, 6.07) is 18.8. The molecule has 1 heterocycles. The van der Waals surface area contributed by atoms with Gasteiger partial charge in [0.15, 0.2) is 0 Å². The van der Waals surface area contributed by atoms with Crippen molar-refractivity contribution in [1.29, 1.82) is 0 Å². The van der Waals surface area contributed by atoms with Gasteiger partial charge in [0.2, 0.25) is 0 Å². The Kier molecular flexibility index (Phi) is 7.84. The van der Waals surface area contributed by atoms with Crippen molar-refractivity contribution < 1.29 is 22.8 Å². The molecule has 1 aliphatic rings. The Labute approximate surface area is 212 Å². The first kappa shape index (κ1) is 25.6. The van der Waals surface area contributed by atoms with Crippen LogP contribution < -0.4 is 15.5 Å². The molecule has 2 amide bonds. The molecule has 1 saturated heterocycles. The third-order valence-electron chi connectivity index (χ3n) is 6.13. The Morgan fingerprint density at radius 3 is 2.31 bits per heavy atom. The van der Waals surface area contributed by atoms with E-state index in [1.807, 2.05) is 12.1 Å². The highest BCUT2D eigenvalue weighted by molar-refractivity contribution is 6.30. The van der Waals surface area contributed by atoms with Crippen molar-refractivity contribution in [3.05, 3.63) is 100 Å². The summed E-state index contributed by atoms with van der Waals surface area (Å²) in [4.78, 5) is 27.5. The molecule has 1 aliphatic heterocycles. The van der Waals surface area contributed by atoms with E-state index in [0.717, 1.165) is 17.8 Å². The molecule has 5 nitrogen and oxygen atoms in total. The Bertz CT molecular complexity index is 1220. The number of nitrogens with zero attached hydrogens (tertiary/aromatic N) is 1. The van der Waals surface area contributed by atoms with Gasteiger partial charge in [0.25, 0.3) is 11.8 Å². The number of anilines is 1. The number of amides is 2. The van der Waals surface area contributed by atoms with Gasteiger partial charge in [-0.2, -0.15) is 13.2 Å². The summed E-state index contributed by atoms with van der Waals surface area (Å²) < 4.78 is 38.9. The normalized spacial score (nSPS) is 14.4. The standard InChI is InChI=1S/C27H25ClF3N3O2/c28-21-10-8-19(9-11-21)25(35)33-22-12-14-34(15-13-22)24-7-2-1-6-23(24)26(36)32-17-18-4-3-5-20(16-18)27(29,30)31/h1-11,16,22H,12-15,17H2,(H,32,36)(H,33,35). The van der Waals surface area contributed by atoms with Crippen molar-refractivity contribution in [2.24, 2.45) is 0 Å². The Hall–Kier alpha value is -3.52. The zero-order valence-corrected chi connectivity index (χ0v) is 20.1. The molecule has 188 valence electrons. The second kappa shape index (κ2) is 11.0. The van der Waals surface area contributed by atoms with E-state index in [2.05, 4.69) is 15.5 Å². The van der Waals surface area contributed by atoms with E-state index >= 15 is 0 Å². The topological polar surface area (TPSA) is 61.4 Å². The number of carbonyl (C=O) groups is 2. The van der Waals surface area contributed by atoms with Crippen LogP contribution >= 0.6 is 11.6 Å². The molecular weight excluding hydrogens is 491 g/mol. The number of alkyl halides is 3. The summed E-state index contributed by atoms with van der Waals surface area (Å²) in [5.74, 6) is -0.513. The van der Waals surface area contributed by atoms with Crippen LogP contribution in [0.15, 0.2) is 72.8 Å². The molecule has 0 aromatic heterocycles. The van der Waals surface area contributed by atoms with Crippen molar-refractivity contribution in [3.63, 3.8) is 0 Å². The molecule has 36 heavy (non-hydrogen) atoms. The number of piperidine rings is 1. The molecule has 1 fully saturated rings. The molecule has 0 radical (unpaired) electrons. The van der Waals surface area contributed by atoms with E-state index in [1.54, 1.807) is 42.5 Å². The minimum absolute atomic E-state index is 0.00586. The highest BCUT2D eigenvalue weighted by Gasteiger charge is 2.30. The fourth-order valence-corrected chi connectivity index (χ4v) is 4.34. The lowest BCUT2D eigenvalue weighted by atomic mass is 10.0. The Morgan fingerprint density at radius 2 is 1.61 bits per heavy atom. The van der Waals surface area contributed by atoms with Crippen molar-refractivity contribution >= 4 is 29.1 Å². The van der Waals surface area contributed by atoms with Gasteiger partial charge in [-0.05, 0) is 66.9 Å². The lowest BCUT2D eigenvalue weighted by Gasteiger charge is -2.35. The van der Waals surface area contributed by atoms with E-state index in [4.69, 9.17) is 11.6 Å². The number of nitrogens with one attached hydrogen (secondary N) is 2. The van der Waals surface area contributed by atoms with Gasteiger partial charge in [0, 0.05) is 41.9 Å². The van der Waals surface area contributed by atoms with Gasteiger partial charge in [-0.1, -0.05) is 35.9 Å². The van der Waals surface area contributed by atoms with Crippen molar-refractivity contribution in [1.82, 2.24) is 10.6 Å². The highest BCUT2D eigenvalue weighted by atomic mass is 35.5. The summed E-state index contributed by atoms with van der Waals surface area (Å²) >= 11 is 5.88. The number of hydrogen-bond donors (Lipinski definition) is 2. The van der Waals surface area contributed by atoms with E-state index in [0.29, 0.717) is 47.6 Å². The monoisotopic (exact) mass is 515 g/mol. The molecule has 3 aromatic carbocycles. The van der Waals surface area contributed by atoms with Crippen LogP contribution in [0.1, 0.15) is 44.7 Å². The first-order valence-corrected chi connectivity index (χ1v) is 11.9. The predicted octanol–water partition coefficient (Wildman–Crippen LogP) is 5.69. The average molecular weight is 516 g/mol. The zero-order chi connectivity index (χ0) is 25.7. The van der Waals surface area contributed by atoms with Gasteiger partial charge in [0.1, 0.15) is 0 Å². The molecule has 0 bridgehead atoms. The molecule has 0 saturated carbocycles. The maximum Gasteiger partial charge on any atom is 0.416 e. The molecule has 2 N–H and O–H groups in total. The van der Waals surface area contributed by atoms with Crippen molar-refractivity contribution in [3.8, 4) is 0 Å². The van der Waals surface area contributed by atoms with Gasteiger partial charge < -0.3 is 15.5 Å². The summed E-state index contributed by atoms with van der Waals surface area (Å²) in [6.45, 7) is 1.27. The van der Waals surface area contributed by atoms with Gasteiger partial charge >= 0.3 is 6.18 Å². The number of carbonyl (C=O) groups excluding carboxylic acids is 2. The number of benzene rings is 3. The smallest absolute Gasteiger partial charge is 0.371 e. The minimum atomic E-state index is -4.44. The van der Waals surface area contributed by atoms with Crippen LogP contribution in [0.2, 0.25) is 5.02 Å². The number of rotatable bonds is 6. The second-order valence-corrected chi connectivity index (χ2v) is 9.08. The van der Waals surface area contributed by atoms with Crippen LogP contribution in [0.4, 0.5) is 18.9 Å². The third-order valence-corrected chi connectivity index (χ3v) is 6.39. The molecule has 0 unspecified atom stereocenters. The Balaban J connectivity index is 1.35. The van der Waals surface area contributed by atoms with Gasteiger partial charge in [0.05, 0.1) is 11.1 Å². The predicted molar refractivity (Wildman–Crippen MR) is 133 cm³/mol. The molecule has 9 heteroatoms. The maximum atomic E-state index is 13.0. The summed E-state index contributed by atoms with van der Waals surface area (Å²) in [5, 5.41) is 6.35. The van der Waals surface area contributed by atoms with E-state index in [1.165, 1.54) is 6.07 Å². The largest absolute Gasteiger partial charge is 0.416 e. The van der Waals surface area contributed by atoms with E-state index < -0.39 is 11.7 Å². The van der Waals surface area contributed by atoms with Crippen LogP contribution in [0.3, 0.4) is 0 Å². The lowest BCUT2D eigenvalue weighted by Crippen LogP contribution is -2.45. The molecule has 4 rings (SSSR count). The van der Waals surface area contributed by atoms with Crippen LogP contribution in [-0.4, -0.2) is 30.9 Å². The molecular formula is C27H25ClF3N3O2. The molecule has 0 atom stereocenters. The third kappa shape index (κ3) is 6.37. The second-order valence-electron chi connectivity index (χ2n) is 8.64. The quantitative estimate of drug-likeness (QED) is 0.443. The van der Waals surface area contributed by atoms with Crippen LogP contribution in [-0.2, 0) is 12.7 Å². The average Bonchev–Trinajstić information content (AvgIpc) is 2.88. The lowest BCUT2D eigenvalue weighted by molar-refractivity contribution is -0.137. The van der Waals surface area contributed by atoms with Gasteiger partial charge in [-0.3, -0.25) is 9.59 Å². The van der Waals surface area contributed by atoms with E-state index in [9.17, 15) is 22.8 Å². The van der Waals surface area contributed by atoms with Crippen LogP contribution in [0, 0.1) is 0 Å². The first-order valence-electron chi connectivity index (χ1n) is 11.6. The van der Waals surface area contributed by atoms with Gasteiger partial charge in [-0.15, -0.1) is 0 Å². The fraction of sp³-hybridized carbons (Fsp3) is 0.259. The molecule has 3 aromatic rings. The van der Waals surface area contributed by atoms with Gasteiger partial charge in [-0.25, -0.2) is 0 Å². The zero-order valence-electron chi connectivity index (χ0n) is 19.3. The molecule has 0 aliphatic carbocycles. The number of halogens is 4. The van der Waals surface area contributed by atoms with Crippen LogP contribution in [0.5, 0.6) is 0 Å². The summed E-state index contributed by atoms with van der Waals surface area (Å²) in [5.41, 5.74) is 1.37. The highest BCUT2D eigenvalue weighted by Crippen LogP contribution is 2.30. The first-order chi connectivity index (χ1) is 17.2. The summed E-state index contributed by atoms with van der Waals surface area (Å²) in [7, 11) is 0. The van der Waals surface area contributed by atoms with Crippen LogP contribution in [0.25, 0.3) is 0 Å². The van der Waals surface area contributed by atoms with Crippen molar-refractivity contribution in [2.75, 3.05) is 18.0 Å². The van der Waals surface area contributed by atoms with Crippen molar-refractivity contribution in [2.45, 2.75) is 31.6 Å².